The third-order valence-electron chi connectivity index (χ3n) is 3.36. The molecule has 0 aliphatic carbocycles. The molecule has 25 heavy (non-hydrogen) atoms. The highest BCUT2D eigenvalue weighted by atomic mass is 35.5. The Balaban J connectivity index is 1.72. The van der Waals surface area contributed by atoms with Crippen molar-refractivity contribution in [2.45, 2.75) is 13.5 Å². The van der Waals surface area contributed by atoms with Crippen LogP contribution in [-0.4, -0.2) is 15.8 Å². The molecular formula is C16H12ClN3O4S. The van der Waals surface area contributed by atoms with E-state index in [1.807, 2.05) is 12.3 Å². The van der Waals surface area contributed by atoms with Crippen LogP contribution < -0.4 is 5.32 Å². The summed E-state index contributed by atoms with van der Waals surface area (Å²) >= 11 is 7.34. The van der Waals surface area contributed by atoms with Crippen molar-refractivity contribution in [3.63, 3.8) is 0 Å². The molecule has 0 radical (unpaired) electrons. The number of nitrogens with one attached hydrogen (secondary N) is 1. The molecule has 0 bridgehead atoms. The fraction of sp³-hybridized carbons (Fsp3) is 0.125. The number of nitro groups is 1. The number of hydrogen-bond donors (Lipinski definition) is 1. The second-order valence-corrected chi connectivity index (χ2v) is 6.62. The largest absolute Gasteiger partial charge is 0.458 e. The number of amides is 1. The molecule has 0 fully saturated rings. The lowest BCUT2D eigenvalue weighted by atomic mass is 10.1. The van der Waals surface area contributed by atoms with Gasteiger partial charge in [-0.3, -0.25) is 14.9 Å². The summed E-state index contributed by atoms with van der Waals surface area (Å²) in [5.41, 5.74) is 0.324. The molecule has 2 heterocycles. The molecule has 1 aromatic carbocycles. The van der Waals surface area contributed by atoms with E-state index in [9.17, 15) is 14.9 Å². The van der Waals surface area contributed by atoms with Crippen LogP contribution in [0.2, 0.25) is 5.02 Å². The van der Waals surface area contributed by atoms with Crippen molar-refractivity contribution in [1.29, 1.82) is 0 Å². The van der Waals surface area contributed by atoms with Crippen LogP contribution in [0.5, 0.6) is 0 Å². The summed E-state index contributed by atoms with van der Waals surface area (Å²) in [7, 11) is 0. The van der Waals surface area contributed by atoms with E-state index in [-0.39, 0.29) is 22.8 Å². The minimum Gasteiger partial charge on any atom is -0.458 e. The lowest BCUT2D eigenvalue weighted by molar-refractivity contribution is -0.385. The maximum Gasteiger partial charge on any atom is 0.282 e. The Morgan fingerprint density at radius 3 is 2.88 bits per heavy atom. The number of thiazole rings is 1. The summed E-state index contributed by atoms with van der Waals surface area (Å²) in [5, 5.41) is 16.7. The zero-order valence-corrected chi connectivity index (χ0v) is 14.6. The molecule has 128 valence electrons. The van der Waals surface area contributed by atoms with Crippen LogP contribution in [0.15, 0.2) is 40.1 Å². The fourth-order valence-corrected chi connectivity index (χ4v) is 2.97. The van der Waals surface area contributed by atoms with Gasteiger partial charge in [0.15, 0.2) is 5.76 Å². The molecule has 1 amide bonds. The van der Waals surface area contributed by atoms with E-state index in [1.54, 1.807) is 12.1 Å². The van der Waals surface area contributed by atoms with E-state index in [2.05, 4.69) is 10.3 Å². The fourth-order valence-electron chi connectivity index (χ4n) is 2.20. The van der Waals surface area contributed by atoms with Crippen LogP contribution in [0, 0.1) is 17.0 Å². The van der Waals surface area contributed by atoms with Gasteiger partial charge >= 0.3 is 0 Å². The van der Waals surface area contributed by atoms with Gasteiger partial charge in [0.2, 0.25) is 0 Å². The summed E-state index contributed by atoms with van der Waals surface area (Å²) < 4.78 is 5.64. The topological polar surface area (TPSA) is 98.3 Å². The molecule has 1 N–H and O–H groups in total. The van der Waals surface area contributed by atoms with Crippen molar-refractivity contribution in [2.75, 3.05) is 0 Å². The van der Waals surface area contributed by atoms with E-state index < -0.39 is 10.8 Å². The number of carbonyl (C=O) groups excluding carboxylic acids is 1. The van der Waals surface area contributed by atoms with Gasteiger partial charge in [-0.15, -0.1) is 11.3 Å². The van der Waals surface area contributed by atoms with Crippen LogP contribution in [0.4, 0.5) is 5.69 Å². The number of aryl methyl sites for hydroxylation is 1. The van der Waals surface area contributed by atoms with Gasteiger partial charge in [0, 0.05) is 16.5 Å². The highest BCUT2D eigenvalue weighted by molar-refractivity contribution is 7.09. The summed E-state index contributed by atoms with van der Waals surface area (Å²) in [6.07, 6.45) is 0. The SMILES string of the molecule is Cc1nc(-c2ccc(CNC(=O)c3cc(Cl)ccc3[N+](=O)[O-])o2)cs1. The predicted octanol–water partition coefficient (Wildman–Crippen LogP) is 4.20. The minimum absolute atomic E-state index is 0.0889. The Kier molecular flexibility index (Phi) is 4.82. The van der Waals surface area contributed by atoms with Crippen molar-refractivity contribution >= 4 is 34.5 Å². The molecule has 7 nitrogen and oxygen atoms in total. The Bertz CT molecular complexity index is 951. The molecule has 2 aromatic heterocycles. The Morgan fingerprint density at radius 2 is 2.20 bits per heavy atom. The van der Waals surface area contributed by atoms with Crippen molar-refractivity contribution in [2.24, 2.45) is 0 Å². The van der Waals surface area contributed by atoms with Crippen molar-refractivity contribution in [3.05, 3.63) is 67.2 Å². The van der Waals surface area contributed by atoms with E-state index in [0.717, 1.165) is 10.7 Å². The molecule has 0 aliphatic rings. The second-order valence-electron chi connectivity index (χ2n) is 5.12. The molecule has 0 spiro atoms. The number of carbonyl (C=O) groups is 1. The van der Waals surface area contributed by atoms with Crippen molar-refractivity contribution in [1.82, 2.24) is 10.3 Å². The van der Waals surface area contributed by atoms with Gasteiger partial charge in [-0.25, -0.2) is 4.98 Å². The first-order chi connectivity index (χ1) is 11.9. The first-order valence-electron chi connectivity index (χ1n) is 7.17. The molecule has 9 heteroatoms. The van der Waals surface area contributed by atoms with Gasteiger partial charge in [0.1, 0.15) is 17.0 Å². The molecule has 0 aliphatic heterocycles. The van der Waals surface area contributed by atoms with E-state index >= 15 is 0 Å². The van der Waals surface area contributed by atoms with Crippen LogP contribution >= 0.6 is 22.9 Å². The quantitative estimate of drug-likeness (QED) is 0.530. The molecule has 0 saturated carbocycles. The molecule has 0 unspecified atom stereocenters. The third-order valence-corrected chi connectivity index (χ3v) is 4.36. The smallest absolute Gasteiger partial charge is 0.282 e. The first-order valence-corrected chi connectivity index (χ1v) is 8.43. The van der Waals surface area contributed by atoms with Crippen LogP contribution in [-0.2, 0) is 6.54 Å². The number of nitro benzene ring substituents is 1. The summed E-state index contributed by atoms with van der Waals surface area (Å²) in [6, 6.07) is 7.31. The highest BCUT2D eigenvalue weighted by Crippen LogP contribution is 2.25. The third kappa shape index (κ3) is 3.86. The number of nitrogens with zero attached hydrogens (tertiary/aromatic N) is 2. The monoisotopic (exact) mass is 377 g/mol. The van der Waals surface area contributed by atoms with Gasteiger partial charge < -0.3 is 9.73 Å². The summed E-state index contributed by atoms with van der Waals surface area (Å²) in [4.78, 5) is 27.0. The van der Waals surface area contributed by atoms with Gasteiger partial charge in [0.25, 0.3) is 11.6 Å². The zero-order valence-electron chi connectivity index (χ0n) is 13.0. The standard InChI is InChI=1S/C16H12ClN3O4S/c1-9-19-13(8-25-9)15-5-3-11(24-15)7-18-16(21)12-6-10(17)2-4-14(12)20(22)23/h2-6,8H,7H2,1H3,(H,18,21). The first kappa shape index (κ1) is 17.1. The van der Waals surface area contributed by atoms with Crippen molar-refractivity contribution in [3.8, 4) is 11.5 Å². The lowest BCUT2D eigenvalue weighted by Gasteiger charge is -2.05. The maximum atomic E-state index is 12.2. The highest BCUT2D eigenvalue weighted by Gasteiger charge is 2.20. The van der Waals surface area contributed by atoms with E-state index in [4.69, 9.17) is 16.0 Å². The Morgan fingerprint density at radius 1 is 1.40 bits per heavy atom. The van der Waals surface area contributed by atoms with Gasteiger partial charge in [0.05, 0.1) is 16.5 Å². The van der Waals surface area contributed by atoms with Gasteiger partial charge in [-0.05, 0) is 31.2 Å². The predicted molar refractivity (Wildman–Crippen MR) is 93.8 cm³/mol. The molecule has 3 rings (SSSR count). The number of halogens is 1. The normalized spacial score (nSPS) is 10.6. The minimum atomic E-state index is -0.624. The molecule has 3 aromatic rings. The second kappa shape index (κ2) is 7.04. The van der Waals surface area contributed by atoms with Crippen LogP contribution in [0.25, 0.3) is 11.5 Å². The van der Waals surface area contributed by atoms with E-state index in [0.29, 0.717) is 11.5 Å². The van der Waals surface area contributed by atoms with Crippen LogP contribution in [0.1, 0.15) is 21.1 Å². The summed E-state index contributed by atoms with van der Waals surface area (Å²) in [6.45, 7) is 1.99. The summed E-state index contributed by atoms with van der Waals surface area (Å²) in [5.74, 6) is 0.512. The van der Waals surface area contributed by atoms with E-state index in [1.165, 1.54) is 29.5 Å². The maximum absolute atomic E-state index is 12.2. The average Bonchev–Trinajstić information content (AvgIpc) is 3.21. The molecule has 0 atom stereocenters. The zero-order chi connectivity index (χ0) is 18.0. The number of hydrogen-bond acceptors (Lipinski definition) is 6. The lowest BCUT2D eigenvalue weighted by Crippen LogP contribution is -2.23. The van der Waals surface area contributed by atoms with Gasteiger partial charge in [-0.1, -0.05) is 11.6 Å². The number of aromatic nitrogens is 1. The number of rotatable bonds is 5. The Hall–Kier alpha value is -2.71. The van der Waals surface area contributed by atoms with Gasteiger partial charge in [-0.2, -0.15) is 0 Å². The van der Waals surface area contributed by atoms with Crippen molar-refractivity contribution < 1.29 is 14.1 Å². The molecular weight excluding hydrogens is 366 g/mol. The average molecular weight is 378 g/mol. The number of benzene rings is 1. The molecule has 0 saturated heterocycles. The van der Waals surface area contributed by atoms with Crippen LogP contribution in [0.3, 0.4) is 0 Å². The Labute approximate surface area is 151 Å². The number of furan rings is 1.